The highest BCUT2D eigenvalue weighted by atomic mass is 16.5. The molecule has 0 saturated heterocycles. The molecule has 2 unspecified atom stereocenters. The molecule has 2 atom stereocenters. The molecule has 0 amide bonds. The van der Waals surface area contributed by atoms with Gasteiger partial charge in [0.1, 0.15) is 0 Å². The summed E-state index contributed by atoms with van der Waals surface area (Å²) < 4.78 is 11.0. The second-order valence-corrected chi connectivity index (χ2v) is 4.51. The number of hydrogen-bond donors (Lipinski definition) is 1. The SMILES string of the molecule is COC(C)CNCC1OCCc2ccccc21. The van der Waals surface area contributed by atoms with Crippen molar-refractivity contribution in [3.8, 4) is 0 Å². The Morgan fingerprint density at radius 3 is 3.12 bits per heavy atom. The number of methoxy groups -OCH3 is 1. The summed E-state index contributed by atoms with van der Waals surface area (Å²) in [7, 11) is 1.73. The highest BCUT2D eigenvalue weighted by molar-refractivity contribution is 5.31. The molecule has 3 heteroatoms. The summed E-state index contributed by atoms with van der Waals surface area (Å²) in [5, 5.41) is 3.40. The van der Waals surface area contributed by atoms with Crippen LogP contribution in [0.15, 0.2) is 24.3 Å². The van der Waals surface area contributed by atoms with Gasteiger partial charge in [0.15, 0.2) is 0 Å². The fourth-order valence-electron chi connectivity index (χ4n) is 2.15. The van der Waals surface area contributed by atoms with Crippen LogP contribution in [0.1, 0.15) is 24.2 Å². The van der Waals surface area contributed by atoms with Crippen LogP contribution in [-0.2, 0) is 15.9 Å². The van der Waals surface area contributed by atoms with Crippen molar-refractivity contribution in [3.63, 3.8) is 0 Å². The molecule has 1 N–H and O–H groups in total. The van der Waals surface area contributed by atoms with Gasteiger partial charge in [0.05, 0.1) is 18.8 Å². The first-order valence-electron chi connectivity index (χ1n) is 6.24. The zero-order chi connectivity index (χ0) is 12.1. The molecule has 0 radical (unpaired) electrons. The van der Waals surface area contributed by atoms with Crippen LogP contribution >= 0.6 is 0 Å². The van der Waals surface area contributed by atoms with Crippen LogP contribution in [0.4, 0.5) is 0 Å². The number of rotatable bonds is 5. The van der Waals surface area contributed by atoms with E-state index in [0.29, 0.717) is 0 Å². The van der Waals surface area contributed by atoms with Crippen molar-refractivity contribution in [2.75, 3.05) is 26.8 Å². The number of fused-ring (bicyclic) bond motifs is 1. The maximum atomic E-state index is 5.82. The van der Waals surface area contributed by atoms with E-state index in [-0.39, 0.29) is 12.2 Å². The van der Waals surface area contributed by atoms with E-state index in [2.05, 4.69) is 36.5 Å². The van der Waals surface area contributed by atoms with E-state index < -0.39 is 0 Å². The second kappa shape index (κ2) is 6.15. The van der Waals surface area contributed by atoms with Crippen LogP contribution in [0.2, 0.25) is 0 Å². The fraction of sp³-hybridized carbons (Fsp3) is 0.571. The molecular weight excluding hydrogens is 214 g/mol. The average molecular weight is 235 g/mol. The van der Waals surface area contributed by atoms with Crippen molar-refractivity contribution in [1.29, 1.82) is 0 Å². The van der Waals surface area contributed by atoms with E-state index in [9.17, 15) is 0 Å². The van der Waals surface area contributed by atoms with E-state index in [0.717, 1.165) is 26.1 Å². The fourth-order valence-corrected chi connectivity index (χ4v) is 2.15. The molecule has 1 aliphatic rings. The predicted molar refractivity (Wildman–Crippen MR) is 68.2 cm³/mol. The van der Waals surface area contributed by atoms with Crippen molar-refractivity contribution in [2.24, 2.45) is 0 Å². The van der Waals surface area contributed by atoms with E-state index in [1.54, 1.807) is 7.11 Å². The van der Waals surface area contributed by atoms with Crippen molar-refractivity contribution in [3.05, 3.63) is 35.4 Å². The highest BCUT2D eigenvalue weighted by Crippen LogP contribution is 2.26. The Kier molecular flexibility index (Phi) is 4.54. The van der Waals surface area contributed by atoms with Crippen LogP contribution in [0.5, 0.6) is 0 Å². The molecule has 1 heterocycles. The summed E-state index contributed by atoms with van der Waals surface area (Å²) in [5.74, 6) is 0. The van der Waals surface area contributed by atoms with Gasteiger partial charge in [-0.25, -0.2) is 0 Å². The Bertz CT molecular complexity index is 354. The predicted octanol–water partition coefficient (Wildman–Crippen LogP) is 1.92. The number of nitrogens with one attached hydrogen (secondary N) is 1. The van der Waals surface area contributed by atoms with Crippen molar-refractivity contribution < 1.29 is 9.47 Å². The Morgan fingerprint density at radius 2 is 2.29 bits per heavy atom. The lowest BCUT2D eigenvalue weighted by Crippen LogP contribution is -2.32. The summed E-state index contributed by atoms with van der Waals surface area (Å²) in [6.07, 6.45) is 1.46. The van der Waals surface area contributed by atoms with Crippen LogP contribution in [0, 0.1) is 0 Å². The molecule has 2 rings (SSSR count). The average Bonchev–Trinajstić information content (AvgIpc) is 2.39. The van der Waals surface area contributed by atoms with Crippen molar-refractivity contribution >= 4 is 0 Å². The van der Waals surface area contributed by atoms with Gasteiger partial charge in [0.2, 0.25) is 0 Å². The van der Waals surface area contributed by atoms with Crippen LogP contribution in [-0.4, -0.2) is 32.9 Å². The third kappa shape index (κ3) is 3.28. The van der Waals surface area contributed by atoms with Crippen LogP contribution in [0.25, 0.3) is 0 Å². The minimum absolute atomic E-state index is 0.184. The minimum Gasteiger partial charge on any atom is -0.380 e. The van der Waals surface area contributed by atoms with Gasteiger partial charge in [-0.3, -0.25) is 0 Å². The van der Waals surface area contributed by atoms with Crippen molar-refractivity contribution in [2.45, 2.75) is 25.6 Å². The first-order valence-corrected chi connectivity index (χ1v) is 6.24. The molecular formula is C14H21NO2. The molecule has 0 spiro atoms. The van der Waals surface area contributed by atoms with Gasteiger partial charge in [-0.05, 0) is 24.5 Å². The van der Waals surface area contributed by atoms with Gasteiger partial charge in [-0.2, -0.15) is 0 Å². The summed E-state index contributed by atoms with van der Waals surface area (Å²) in [6.45, 7) is 4.59. The summed E-state index contributed by atoms with van der Waals surface area (Å²) in [6, 6.07) is 8.54. The summed E-state index contributed by atoms with van der Waals surface area (Å²) >= 11 is 0. The molecule has 0 bridgehead atoms. The molecule has 1 aliphatic heterocycles. The van der Waals surface area contributed by atoms with Gasteiger partial charge < -0.3 is 14.8 Å². The molecule has 94 valence electrons. The summed E-state index contributed by atoms with van der Waals surface area (Å²) in [4.78, 5) is 0. The Labute approximate surface area is 103 Å². The molecule has 0 saturated carbocycles. The first kappa shape index (κ1) is 12.6. The second-order valence-electron chi connectivity index (χ2n) is 4.51. The Hall–Kier alpha value is -0.900. The standard InChI is InChI=1S/C14H21NO2/c1-11(16-2)9-15-10-14-13-6-4-3-5-12(13)7-8-17-14/h3-6,11,14-15H,7-10H2,1-2H3. The van der Waals surface area contributed by atoms with E-state index >= 15 is 0 Å². The topological polar surface area (TPSA) is 30.5 Å². The maximum absolute atomic E-state index is 5.82. The van der Waals surface area contributed by atoms with E-state index in [4.69, 9.17) is 9.47 Å². The number of benzene rings is 1. The lowest BCUT2D eigenvalue weighted by atomic mass is 9.97. The van der Waals surface area contributed by atoms with Gasteiger partial charge in [-0.1, -0.05) is 24.3 Å². The van der Waals surface area contributed by atoms with Gasteiger partial charge in [0, 0.05) is 20.2 Å². The largest absolute Gasteiger partial charge is 0.380 e. The van der Waals surface area contributed by atoms with Crippen LogP contribution in [0.3, 0.4) is 0 Å². The lowest BCUT2D eigenvalue weighted by molar-refractivity contribution is 0.0387. The quantitative estimate of drug-likeness (QED) is 0.846. The van der Waals surface area contributed by atoms with E-state index in [1.807, 2.05) is 0 Å². The molecule has 0 aliphatic carbocycles. The van der Waals surface area contributed by atoms with Gasteiger partial charge in [-0.15, -0.1) is 0 Å². The number of ether oxygens (including phenoxy) is 2. The number of hydrogen-bond acceptors (Lipinski definition) is 3. The van der Waals surface area contributed by atoms with E-state index in [1.165, 1.54) is 11.1 Å². The van der Waals surface area contributed by atoms with Gasteiger partial charge >= 0.3 is 0 Å². The maximum Gasteiger partial charge on any atom is 0.0952 e. The molecule has 0 fully saturated rings. The Morgan fingerprint density at radius 1 is 1.47 bits per heavy atom. The molecule has 1 aromatic carbocycles. The molecule has 17 heavy (non-hydrogen) atoms. The molecule has 3 nitrogen and oxygen atoms in total. The highest BCUT2D eigenvalue weighted by Gasteiger charge is 2.19. The smallest absolute Gasteiger partial charge is 0.0952 e. The van der Waals surface area contributed by atoms with Crippen LogP contribution < -0.4 is 5.32 Å². The third-order valence-corrected chi connectivity index (χ3v) is 3.26. The Balaban J connectivity index is 1.90. The first-order chi connectivity index (χ1) is 8.31. The molecule has 1 aromatic rings. The monoisotopic (exact) mass is 235 g/mol. The van der Waals surface area contributed by atoms with Gasteiger partial charge in [0.25, 0.3) is 0 Å². The third-order valence-electron chi connectivity index (χ3n) is 3.26. The zero-order valence-electron chi connectivity index (χ0n) is 10.6. The van der Waals surface area contributed by atoms with Crippen molar-refractivity contribution in [1.82, 2.24) is 5.32 Å². The normalized spacial score (nSPS) is 20.9. The lowest BCUT2D eigenvalue weighted by Gasteiger charge is -2.26. The zero-order valence-corrected chi connectivity index (χ0v) is 10.6. The minimum atomic E-state index is 0.184. The summed E-state index contributed by atoms with van der Waals surface area (Å²) in [5.41, 5.74) is 2.75. The molecule has 0 aromatic heterocycles.